The third-order valence-electron chi connectivity index (χ3n) is 5.90. The number of nitriles is 1. The molecular weight excluding hydrogens is 464 g/mol. The first-order valence-corrected chi connectivity index (χ1v) is 12.0. The molecule has 1 heterocycles. The molecule has 0 spiro atoms. The van der Waals surface area contributed by atoms with Crippen molar-refractivity contribution in [1.82, 2.24) is 4.90 Å². The van der Waals surface area contributed by atoms with E-state index in [0.29, 0.717) is 46.2 Å². The number of ether oxygens (including phenoxy) is 2. The summed E-state index contributed by atoms with van der Waals surface area (Å²) in [6, 6.07) is 14.7. The van der Waals surface area contributed by atoms with Crippen molar-refractivity contribution in [3.05, 3.63) is 75.3 Å². The van der Waals surface area contributed by atoms with E-state index in [1.807, 2.05) is 24.3 Å². The lowest BCUT2D eigenvalue weighted by Gasteiger charge is -2.27. The highest BCUT2D eigenvalue weighted by Gasteiger charge is 2.35. The van der Waals surface area contributed by atoms with Crippen molar-refractivity contribution < 1.29 is 19.1 Å². The van der Waals surface area contributed by atoms with Crippen LogP contribution < -0.4 is 9.47 Å². The predicted molar refractivity (Wildman–Crippen MR) is 136 cm³/mol. The van der Waals surface area contributed by atoms with Crippen LogP contribution in [0.3, 0.4) is 0 Å². The summed E-state index contributed by atoms with van der Waals surface area (Å²) in [5, 5.41) is 10.2. The fourth-order valence-corrected chi connectivity index (χ4v) is 4.05. The zero-order valence-corrected chi connectivity index (χ0v) is 21.0. The Morgan fingerprint density at radius 2 is 1.83 bits per heavy atom. The van der Waals surface area contributed by atoms with E-state index in [1.165, 1.54) is 12.0 Å². The number of nitrogens with zero attached hydrogens (tertiary/aromatic N) is 2. The molecule has 0 saturated heterocycles. The summed E-state index contributed by atoms with van der Waals surface area (Å²) in [5.41, 5.74) is 2.24. The molecule has 1 aliphatic heterocycles. The number of hydrogen-bond acceptors (Lipinski definition) is 5. The highest BCUT2D eigenvalue weighted by molar-refractivity contribution is 6.31. The second-order valence-corrected chi connectivity index (χ2v) is 8.69. The minimum absolute atomic E-state index is 0.00185. The van der Waals surface area contributed by atoms with Crippen molar-refractivity contribution >= 4 is 29.5 Å². The molecule has 2 amide bonds. The maximum atomic E-state index is 13.2. The molecule has 7 heteroatoms. The number of amides is 2. The zero-order valence-electron chi connectivity index (χ0n) is 20.3. The lowest BCUT2D eigenvalue weighted by atomic mass is 9.93. The third-order valence-corrected chi connectivity index (χ3v) is 6.27. The number of carbonyl (C=O) groups excluding carboxylic acids is 2. The van der Waals surface area contributed by atoms with Gasteiger partial charge in [-0.2, -0.15) is 5.26 Å². The zero-order chi connectivity index (χ0) is 25.4. The van der Waals surface area contributed by atoms with Gasteiger partial charge in [-0.3, -0.25) is 14.5 Å². The summed E-state index contributed by atoms with van der Waals surface area (Å²) < 4.78 is 11.4. The molecule has 0 radical (unpaired) electrons. The lowest BCUT2D eigenvalue weighted by Crippen LogP contribution is -2.43. The largest absolute Gasteiger partial charge is 0.493 e. The van der Waals surface area contributed by atoms with Gasteiger partial charge in [0.05, 0.1) is 7.11 Å². The second kappa shape index (κ2) is 12.2. The van der Waals surface area contributed by atoms with Gasteiger partial charge < -0.3 is 9.47 Å². The average molecular weight is 493 g/mol. The molecule has 2 aromatic carbocycles. The smallest absolute Gasteiger partial charge is 0.271 e. The topological polar surface area (TPSA) is 79.6 Å². The van der Waals surface area contributed by atoms with Crippen molar-refractivity contribution in [3.8, 4) is 17.6 Å². The van der Waals surface area contributed by atoms with Crippen LogP contribution in [0, 0.1) is 11.3 Å². The van der Waals surface area contributed by atoms with Gasteiger partial charge in [0.25, 0.3) is 11.8 Å². The Labute approximate surface area is 211 Å². The first kappa shape index (κ1) is 26.1. The second-order valence-electron chi connectivity index (χ2n) is 8.28. The van der Waals surface area contributed by atoms with Gasteiger partial charge in [0.1, 0.15) is 18.2 Å². The van der Waals surface area contributed by atoms with Crippen molar-refractivity contribution in [3.63, 3.8) is 0 Å². The summed E-state index contributed by atoms with van der Waals surface area (Å²) in [5.74, 6) is 0.108. The molecule has 0 atom stereocenters. The Morgan fingerprint density at radius 3 is 2.51 bits per heavy atom. The van der Waals surface area contributed by atoms with Crippen LogP contribution in [0.4, 0.5) is 0 Å². The number of methoxy groups -OCH3 is 1. The monoisotopic (exact) mass is 492 g/mol. The van der Waals surface area contributed by atoms with Gasteiger partial charge in [-0.1, -0.05) is 62.1 Å². The van der Waals surface area contributed by atoms with Gasteiger partial charge in [-0.15, -0.1) is 0 Å². The highest BCUT2D eigenvalue weighted by Crippen LogP contribution is 2.32. The number of unbranched alkanes of at least 4 members (excludes halogenated alkanes) is 3. The van der Waals surface area contributed by atoms with E-state index in [2.05, 4.69) is 6.92 Å². The first-order valence-electron chi connectivity index (χ1n) is 11.6. The van der Waals surface area contributed by atoms with Gasteiger partial charge in [0.15, 0.2) is 11.5 Å². The quantitative estimate of drug-likeness (QED) is 0.227. The molecule has 0 unspecified atom stereocenters. The number of carbonyl (C=O) groups is 2. The Bertz CT molecular complexity index is 1210. The minimum Gasteiger partial charge on any atom is -0.493 e. The third kappa shape index (κ3) is 6.12. The standard InChI is InChI=1S/C28H29ClN2O4/c1-4-5-6-9-14-31-27(32)22(19(2)23(17-30)28(31)33)15-20-12-13-25(26(16-20)34-3)35-18-21-10-7-8-11-24(21)29/h7-8,10-13,15-16H,4-6,9,14,18H2,1-3H3/b22-15+. The van der Waals surface area contributed by atoms with Crippen LogP contribution in [0.2, 0.25) is 5.02 Å². The number of rotatable bonds is 10. The van der Waals surface area contributed by atoms with Crippen molar-refractivity contribution in [1.29, 1.82) is 5.26 Å². The number of hydrogen-bond donors (Lipinski definition) is 0. The molecule has 6 nitrogen and oxygen atoms in total. The molecule has 0 saturated carbocycles. The molecule has 0 aliphatic carbocycles. The average Bonchev–Trinajstić information content (AvgIpc) is 2.86. The predicted octanol–water partition coefficient (Wildman–Crippen LogP) is 6.10. The van der Waals surface area contributed by atoms with E-state index >= 15 is 0 Å². The first-order chi connectivity index (χ1) is 16.9. The van der Waals surface area contributed by atoms with Crippen LogP contribution in [0.5, 0.6) is 11.5 Å². The van der Waals surface area contributed by atoms with Crippen LogP contribution >= 0.6 is 11.6 Å². The molecule has 3 rings (SSSR count). The Balaban J connectivity index is 1.87. The number of imide groups is 1. The van der Waals surface area contributed by atoms with Gasteiger partial charge in [-0.25, -0.2) is 0 Å². The SMILES string of the molecule is CCCCCCN1C(=O)C(C#N)=C(C)/C(=C\c2ccc(OCc3ccccc3Cl)c(OC)c2)C1=O. The van der Waals surface area contributed by atoms with Gasteiger partial charge in [0, 0.05) is 22.7 Å². The molecular formula is C28H29ClN2O4. The fourth-order valence-electron chi connectivity index (χ4n) is 3.86. The summed E-state index contributed by atoms with van der Waals surface area (Å²) in [6.45, 7) is 4.30. The van der Waals surface area contributed by atoms with Crippen molar-refractivity contribution in [2.24, 2.45) is 0 Å². The van der Waals surface area contributed by atoms with Crippen molar-refractivity contribution in [2.75, 3.05) is 13.7 Å². The molecule has 0 fully saturated rings. The van der Waals surface area contributed by atoms with Crippen molar-refractivity contribution in [2.45, 2.75) is 46.1 Å². The maximum Gasteiger partial charge on any atom is 0.271 e. The van der Waals surface area contributed by atoms with E-state index in [1.54, 1.807) is 37.3 Å². The van der Waals surface area contributed by atoms with E-state index in [4.69, 9.17) is 21.1 Å². The molecule has 35 heavy (non-hydrogen) atoms. The highest BCUT2D eigenvalue weighted by atomic mass is 35.5. The molecule has 1 aliphatic rings. The van der Waals surface area contributed by atoms with Crippen LogP contribution in [0.15, 0.2) is 59.2 Å². The molecule has 0 aromatic heterocycles. The van der Waals surface area contributed by atoms with E-state index in [9.17, 15) is 14.9 Å². The Hall–Kier alpha value is -3.56. The van der Waals surface area contributed by atoms with Crippen LogP contribution in [-0.2, 0) is 16.2 Å². The normalized spacial score (nSPS) is 14.9. The number of benzene rings is 2. The van der Waals surface area contributed by atoms with E-state index < -0.39 is 5.91 Å². The fraction of sp³-hybridized carbons (Fsp3) is 0.321. The maximum absolute atomic E-state index is 13.2. The van der Waals surface area contributed by atoms with Crippen LogP contribution in [-0.4, -0.2) is 30.4 Å². The lowest BCUT2D eigenvalue weighted by molar-refractivity contribution is -0.140. The Morgan fingerprint density at radius 1 is 1.06 bits per heavy atom. The van der Waals surface area contributed by atoms with Gasteiger partial charge in [0.2, 0.25) is 0 Å². The van der Waals surface area contributed by atoms with Gasteiger partial charge in [-0.05, 0) is 48.8 Å². The minimum atomic E-state index is -0.524. The van der Waals surface area contributed by atoms with E-state index in [0.717, 1.165) is 24.8 Å². The summed E-state index contributed by atoms with van der Waals surface area (Å²) >= 11 is 6.21. The van der Waals surface area contributed by atoms with Gasteiger partial charge >= 0.3 is 0 Å². The summed E-state index contributed by atoms with van der Waals surface area (Å²) in [4.78, 5) is 27.1. The molecule has 182 valence electrons. The van der Waals surface area contributed by atoms with Crippen LogP contribution in [0.25, 0.3) is 6.08 Å². The summed E-state index contributed by atoms with van der Waals surface area (Å²) in [7, 11) is 1.54. The van der Waals surface area contributed by atoms with E-state index in [-0.39, 0.29) is 18.1 Å². The summed E-state index contributed by atoms with van der Waals surface area (Å²) in [6.07, 6.45) is 5.39. The number of halogens is 1. The molecule has 0 N–H and O–H groups in total. The Kier molecular flexibility index (Phi) is 9.11. The molecule has 2 aromatic rings. The molecule has 0 bridgehead atoms. The van der Waals surface area contributed by atoms with Crippen LogP contribution in [0.1, 0.15) is 50.7 Å².